The van der Waals surface area contributed by atoms with E-state index in [-0.39, 0.29) is 11.5 Å². The quantitative estimate of drug-likeness (QED) is 0.557. The molecule has 1 amide bonds. The maximum absolute atomic E-state index is 13.0. The van der Waals surface area contributed by atoms with Gasteiger partial charge in [-0.1, -0.05) is 35.9 Å². The van der Waals surface area contributed by atoms with Crippen LogP contribution in [0.4, 0.5) is 4.39 Å². The number of hydrogen-bond acceptors (Lipinski definition) is 3. The van der Waals surface area contributed by atoms with Crippen LogP contribution < -0.4 is 15.8 Å². The molecule has 0 aliphatic rings. The SMILES string of the molecule is C/C(N)=C(\C=C/C(C)F)C(=O)NCc1cccc(Oc2ccc(C)cc2)c1. The van der Waals surface area contributed by atoms with Crippen molar-refractivity contribution in [3.63, 3.8) is 0 Å². The first-order valence-electron chi connectivity index (χ1n) is 8.75. The van der Waals surface area contributed by atoms with Crippen LogP contribution in [0.15, 0.2) is 72.0 Å². The summed E-state index contributed by atoms with van der Waals surface area (Å²) in [7, 11) is 0. The van der Waals surface area contributed by atoms with Gasteiger partial charge in [0.1, 0.15) is 17.7 Å². The second-order valence-electron chi connectivity index (χ2n) is 6.38. The van der Waals surface area contributed by atoms with E-state index in [2.05, 4.69) is 5.32 Å². The molecule has 0 saturated carbocycles. The molecule has 2 rings (SSSR count). The van der Waals surface area contributed by atoms with E-state index in [0.29, 0.717) is 18.0 Å². The summed E-state index contributed by atoms with van der Waals surface area (Å²) in [4.78, 5) is 12.3. The zero-order valence-corrected chi connectivity index (χ0v) is 15.8. The number of allylic oxidation sites excluding steroid dienone is 2. The number of nitrogens with two attached hydrogens (primary N) is 1. The number of hydrogen-bond donors (Lipinski definition) is 2. The second-order valence-corrected chi connectivity index (χ2v) is 6.38. The Kier molecular flexibility index (Phi) is 7.17. The molecule has 0 aliphatic heterocycles. The fourth-order valence-corrected chi connectivity index (χ4v) is 2.35. The van der Waals surface area contributed by atoms with E-state index in [1.54, 1.807) is 6.92 Å². The summed E-state index contributed by atoms with van der Waals surface area (Å²) in [5, 5.41) is 2.80. The minimum atomic E-state index is -1.15. The highest BCUT2D eigenvalue weighted by Gasteiger charge is 2.09. The number of aryl methyl sites for hydroxylation is 1. The summed E-state index contributed by atoms with van der Waals surface area (Å²) in [5.41, 5.74) is 8.37. The summed E-state index contributed by atoms with van der Waals surface area (Å²) >= 11 is 0. The van der Waals surface area contributed by atoms with Gasteiger partial charge in [-0.25, -0.2) is 4.39 Å². The Bertz CT molecular complexity index is 836. The lowest BCUT2D eigenvalue weighted by Gasteiger charge is -2.10. The lowest BCUT2D eigenvalue weighted by Crippen LogP contribution is -2.25. The normalized spacial score (nSPS) is 13.2. The Morgan fingerprint density at radius 2 is 1.93 bits per heavy atom. The van der Waals surface area contributed by atoms with Crippen LogP contribution in [-0.2, 0) is 11.3 Å². The number of nitrogens with one attached hydrogen (secondary N) is 1. The molecule has 0 bridgehead atoms. The standard InChI is InChI=1S/C22H25FN2O2/c1-15-7-10-19(11-8-15)27-20-6-4-5-18(13-20)14-25-22(26)21(17(3)24)12-9-16(2)23/h4-13,16H,14,24H2,1-3H3,(H,25,26)/b12-9-,21-17-. The van der Waals surface area contributed by atoms with Gasteiger partial charge in [0.05, 0.1) is 5.57 Å². The van der Waals surface area contributed by atoms with E-state index in [9.17, 15) is 9.18 Å². The molecule has 0 spiro atoms. The Balaban J connectivity index is 2.02. The molecule has 0 radical (unpaired) electrons. The third kappa shape index (κ3) is 6.62. The van der Waals surface area contributed by atoms with Gasteiger partial charge in [0, 0.05) is 12.2 Å². The number of carbonyl (C=O) groups excluding carboxylic acids is 1. The molecular weight excluding hydrogens is 343 g/mol. The number of benzene rings is 2. The molecule has 0 saturated heterocycles. The first-order valence-corrected chi connectivity index (χ1v) is 8.75. The predicted molar refractivity (Wildman–Crippen MR) is 106 cm³/mol. The van der Waals surface area contributed by atoms with Crippen molar-refractivity contribution in [3.8, 4) is 11.5 Å². The molecule has 1 atom stereocenters. The number of rotatable bonds is 7. The number of amides is 1. The van der Waals surface area contributed by atoms with Crippen molar-refractivity contribution in [2.45, 2.75) is 33.5 Å². The topological polar surface area (TPSA) is 64.4 Å². The van der Waals surface area contributed by atoms with Gasteiger partial charge in [-0.3, -0.25) is 4.79 Å². The van der Waals surface area contributed by atoms with Gasteiger partial charge in [-0.05, 0) is 56.7 Å². The Hall–Kier alpha value is -3.08. The highest BCUT2D eigenvalue weighted by Crippen LogP contribution is 2.22. The third-order valence-electron chi connectivity index (χ3n) is 3.81. The van der Waals surface area contributed by atoms with E-state index in [4.69, 9.17) is 10.5 Å². The van der Waals surface area contributed by atoms with Gasteiger partial charge in [-0.2, -0.15) is 0 Å². The van der Waals surface area contributed by atoms with Gasteiger partial charge < -0.3 is 15.8 Å². The molecule has 4 nitrogen and oxygen atoms in total. The zero-order chi connectivity index (χ0) is 19.8. The smallest absolute Gasteiger partial charge is 0.253 e. The average molecular weight is 368 g/mol. The maximum Gasteiger partial charge on any atom is 0.253 e. The second kappa shape index (κ2) is 9.57. The number of alkyl halides is 1. The summed E-state index contributed by atoms with van der Waals surface area (Å²) in [6.45, 7) is 5.32. The highest BCUT2D eigenvalue weighted by atomic mass is 19.1. The van der Waals surface area contributed by atoms with Crippen LogP contribution in [0.2, 0.25) is 0 Å². The lowest BCUT2D eigenvalue weighted by molar-refractivity contribution is -0.117. The molecule has 0 aliphatic carbocycles. The van der Waals surface area contributed by atoms with Crippen molar-refractivity contribution in [1.82, 2.24) is 5.32 Å². The maximum atomic E-state index is 13.0. The van der Waals surface area contributed by atoms with Crippen LogP contribution in [-0.4, -0.2) is 12.1 Å². The van der Waals surface area contributed by atoms with Gasteiger partial charge in [0.25, 0.3) is 5.91 Å². The highest BCUT2D eigenvalue weighted by molar-refractivity contribution is 5.96. The van der Waals surface area contributed by atoms with Crippen molar-refractivity contribution < 1.29 is 13.9 Å². The molecule has 3 N–H and O–H groups in total. The van der Waals surface area contributed by atoms with Crippen molar-refractivity contribution in [3.05, 3.63) is 83.1 Å². The molecule has 1 unspecified atom stereocenters. The fraction of sp³-hybridized carbons (Fsp3) is 0.227. The Morgan fingerprint density at radius 1 is 1.22 bits per heavy atom. The molecule has 0 heterocycles. The largest absolute Gasteiger partial charge is 0.457 e. The van der Waals surface area contributed by atoms with Crippen LogP contribution in [0.1, 0.15) is 25.0 Å². The average Bonchev–Trinajstić information content (AvgIpc) is 2.62. The molecule has 27 heavy (non-hydrogen) atoms. The van der Waals surface area contributed by atoms with Crippen molar-refractivity contribution in [2.24, 2.45) is 5.73 Å². The number of halogens is 1. The van der Waals surface area contributed by atoms with Crippen LogP contribution in [0, 0.1) is 6.92 Å². The molecule has 0 fully saturated rings. The third-order valence-corrected chi connectivity index (χ3v) is 3.81. The minimum Gasteiger partial charge on any atom is -0.457 e. The van der Waals surface area contributed by atoms with E-state index < -0.39 is 6.17 Å². The Morgan fingerprint density at radius 3 is 2.56 bits per heavy atom. The van der Waals surface area contributed by atoms with Gasteiger partial charge in [-0.15, -0.1) is 0 Å². The molecule has 0 aromatic heterocycles. The molecule has 5 heteroatoms. The lowest BCUT2D eigenvalue weighted by atomic mass is 10.1. The van der Waals surface area contributed by atoms with Gasteiger partial charge in [0.2, 0.25) is 0 Å². The first kappa shape index (κ1) is 20.2. The molecule has 142 valence electrons. The summed E-state index contributed by atoms with van der Waals surface area (Å²) in [6.07, 6.45) is 1.55. The monoisotopic (exact) mass is 368 g/mol. The van der Waals surface area contributed by atoms with E-state index >= 15 is 0 Å². The Labute approximate surface area is 159 Å². The van der Waals surface area contributed by atoms with Crippen LogP contribution in [0.5, 0.6) is 11.5 Å². The van der Waals surface area contributed by atoms with Crippen LogP contribution in [0.25, 0.3) is 0 Å². The van der Waals surface area contributed by atoms with E-state index in [1.807, 2.05) is 55.5 Å². The zero-order valence-electron chi connectivity index (χ0n) is 15.8. The van der Waals surface area contributed by atoms with Crippen molar-refractivity contribution in [2.75, 3.05) is 0 Å². The van der Waals surface area contributed by atoms with E-state index in [1.165, 1.54) is 19.1 Å². The van der Waals surface area contributed by atoms with Crippen LogP contribution >= 0.6 is 0 Å². The van der Waals surface area contributed by atoms with Crippen molar-refractivity contribution >= 4 is 5.91 Å². The number of ether oxygens (including phenoxy) is 1. The fourth-order valence-electron chi connectivity index (χ4n) is 2.35. The first-order chi connectivity index (χ1) is 12.8. The summed E-state index contributed by atoms with van der Waals surface area (Å²) < 4.78 is 18.8. The minimum absolute atomic E-state index is 0.256. The molecular formula is C22H25FN2O2. The summed E-state index contributed by atoms with van der Waals surface area (Å²) in [6, 6.07) is 15.2. The predicted octanol–water partition coefficient (Wildman–Crippen LogP) is 4.55. The van der Waals surface area contributed by atoms with Crippen LogP contribution in [0.3, 0.4) is 0 Å². The van der Waals surface area contributed by atoms with Gasteiger partial charge >= 0.3 is 0 Å². The van der Waals surface area contributed by atoms with Gasteiger partial charge in [0.15, 0.2) is 0 Å². The summed E-state index contributed by atoms with van der Waals surface area (Å²) in [5.74, 6) is 1.08. The molecule has 2 aromatic carbocycles. The number of carbonyl (C=O) groups is 1. The van der Waals surface area contributed by atoms with E-state index in [0.717, 1.165) is 16.9 Å². The van der Waals surface area contributed by atoms with Crippen molar-refractivity contribution in [1.29, 1.82) is 0 Å². The molecule has 2 aromatic rings.